The highest BCUT2D eigenvalue weighted by Gasteiger charge is 2.46. The van der Waals surface area contributed by atoms with Crippen LogP contribution in [0.2, 0.25) is 0 Å². The van der Waals surface area contributed by atoms with Crippen molar-refractivity contribution in [3.63, 3.8) is 0 Å². The fourth-order valence-corrected chi connectivity index (χ4v) is 3.57. The molecule has 0 bridgehead atoms. The van der Waals surface area contributed by atoms with E-state index in [-0.39, 0.29) is 23.5 Å². The number of ether oxygens (including phenoxy) is 1. The monoisotopic (exact) mass is 318 g/mol. The molecule has 0 saturated heterocycles. The molecule has 3 rings (SSSR count). The number of carbonyl (C=O) groups excluding carboxylic acids is 1. The van der Waals surface area contributed by atoms with Gasteiger partial charge in [0.2, 0.25) is 0 Å². The van der Waals surface area contributed by atoms with Gasteiger partial charge in [-0.15, -0.1) is 0 Å². The summed E-state index contributed by atoms with van der Waals surface area (Å²) < 4.78 is 5.45. The summed E-state index contributed by atoms with van der Waals surface area (Å²) in [5.41, 5.74) is 1.19. The summed E-state index contributed by atoms with van der Waals surface area (Å²) in [6, 6.07) is 7.88. The Morgan fingerprint density at radius 3 is 2.74 bits per heavy atom. The van der Waals surface area contributed by atoms with Crippen molar-refractivity contribution < 1.29 is 14.6 Å². The van der Waals surface area contributed by atoms with E-state index >= 15 is 0 Å². The highest BCUT2D eigenvalue weighted by atomic mass is 16.5. The number of rotatable bonds is 6. The average Bonchev–Trinajstić information content (AvgIpc) is 3.26. The summed E-state index contributed by atoms with van der Waals surface area (Å²) in [5.74, 6) is 1.09. The van der Waals surface area contributed by atoms with E-state index in [1.165, 1.54) is 5.56 Å². The fourth-order valence-electron chi connectivity index (χ4n) is 3.57. The van der Waals surface area contributed by atoms with Crippen LogP contribution in [0.1, 0.15) is 37.7 Å². The second kappa shape index (κ2) is 6.79. The topological polar surface area (TPSA) is 70.6 Å². The molecule has 2 amide bonds. The van der Waals surface area contributed by atoms with Crippen LogP contribution >= 0.6 is 0 Å². The summed E-state index contributed by atoms with van der Waals surface area (Å²) in [7, 11) is 1.68. The third-order valence-electron chi connectivity index (χ3n) is 5.26. The molecule has 0 spiro atoms. The smallest absolute Gasteiger partial charge is 0.314 e. The molecule has 0 unspecified atom stereocenters. The van der Waals surface area contributed by atoms with E-state index in [4.69, 9.17) is 4.74 Å². The quantitative estimate of drug-likeness (QED) is 0.753. The molecule has 0 aromatic heterocycles. The minimum Gasteiger partial charge on any atom is -0.496 e. The van der Waals surface area contributed by atoms with Crippen molar-refractivity contribution >= 4 is 6.03 Å². The van der Waals surface area contributed by atoms with E-state index < -0.39 is 0 Å². The number of aliphatic hydroxyl groups is 1. The van der Waals surface area contributed by atoms with E-state index in [1.807, 2.05) is 18.2 Å². The van der Waals surface area contributed by atoms with Crippen LogP contribution in [0.25, 0.3) is 0 Å². The van der Waals surface area contributed by atoms with Gasteiger partial charge in [-0.2, -0.15) is 0 Å². The molecule has 2 atom stereocenters. The zero-order valence-electron chi connectivity index (χ0n) is 13.7. The van der Waals surface area contributed by atoms with Crippen molar-refractivity contribution in [1.29, 1.82) is 0 Å². The van der Waals surface area contributed by atoms with E-state index in [2.05, 4.69) is 16.7 Å². The van der Waals surface area contributed by atoms with Gasteiger partial charge in [0.1, 0.15) is 5.75 Å². The van der Waals surface area contributed by atoms with Crippen LogP contribution in [0.5, 0.6) is 5.75 Å². The third-order valence-corrected chi connectivity index (χ3v) is 5.26. The molecule has 1 aromatic carbocycles. The van der Waals surface area contributed by atoms with E-state index in [9.17, 15) is 9.90 Å². The number of aliphatic hydroxyl groups excluding tert-OH is 1. The van der Waals surface area contributed by atoms with Gasteiger partial charge in [0.05, 0.1) is 13.2 Å². The molecule has 0 heterocycles. The molecule has 2 saturated carbocycles. The summed E-state index contributed by atoms with van der Waals surface area (Å²) in [6.45, 7) is 1.17. The Morgan fingerprint density at radius 1 is 1.30 bits per heavy atom. The Labute approximate surface area is 137 Å². The highest BCUT2D eigenvalue weighted by molar-refractivity contribution is 5.74. The maximum absolute atomic E-state index is 12.0. The van der Waals surface area contributed by atoms with E-state index in [1.54, 1.807) is 7.11 Å². The van der Waals surface area contributed by atoms with Crippen LogP contribution in [-0.4, -0.2) is 37.4 Å². The van der Waals surface area contributed by atoms with Gasteiger partial charge < -0.3 is 20.5 Å². The molecule has 3 N–H and O–H groups in total. The molecule has 2 fully saturated rings. The fraction of sp³-hybridized carbons (Fsp3) is 0.611. The Balaban J connectivity index is 1.50. The van der Waals surface area contributed by atoms with Crippen molar-refractivity contribution in [2.45, 2.75) is 43.6 Å². The predicted molar refractivity (Wildman–Crippen MR) is 88.7 cm³/mol. The first kappa shape index (κ1) is 16.1. The first-order valence-corrected chi connectivity index (χ1v) is 8.48. The Hall–Kier alpha value is -1.75. The minimum absolute atomic E-state index is 0.0107. The zero-order valence-corrected chi connectivity index (χ0v) is 13.7. The van der Waals surface area contributed by atoms with Gasteiger partial charge >= 0.3 is 6.03 Å². The van der Waals surface area contributed by atoms with Gasteiger partial charge in [-0.25, -0.2) is 4.79 Å². The molecular formula is C18H26N2O3. The summed E-state index contributed by atoms with van der Waals surface area (Å²) in [6.07, 6.45) is 4.76. The maximum Gasteiger partial charge on any atom is 0.314 e. The van der Waals surface area contributed by atoms with E-state index in [0.29, 0.717) is 13.1 Å². The van der Waals surface area contributed by atoms with Crippen LogP contribution in [-0.2, 0) is 5.41 Å². The van der Waals surface area contributed by atoms with Crippen LogP contribution in [0.4, 0.5) is 4.79 Å². The first-order valence-electron chi connectivity index (χ1n) is 8.48. The molecule has 1 aromatic rings. The molecule has 0 aliphatic heterocycles. The lowest BCUT2D eigenvalue weighted by Crippen LogP contribution is -2.42. The number of hydrogen-bond acceptors (Lipinski definition) is 3. The molecule has 0 radical (unpaired) electrons. The second-order valence-electron chi connectivity index (χ2n) is 6.80. The molecule has 2 aliphatic carbocycles. The molecular weight excluding hydrogens is 292 g/mol. The normalized spacial score (nSPS) is 25.0. The lowest BCUT2D eigenvalue weighted by molar-refractivity contribution is 0.132. The molecule has 23 heavy (non-hydrogen) atoms. The number of nitrogens with one attached hydrogen (secondary N) is 2. The predicted octanol–water partition coefficient (Wildman–Crippen LogP) is 2.19. The largest absolute Gasteiger partial charge is 0.496 e. The van der Waals surface area contributed by atoms with Crippen molar-refractivity contribution in [2.24, 2.45) is 5.92 Å². The zero-order chi connectivity index (χ0) is 16.3. The lowest BCUT2D eigenvalue weighted by atomic mass is 9.95. The number of carbonyl (C=O) groups is 1. The second-order valence-corrected chi connectivity index (χ2v) is 6.80. The van der Waals surface area contributed by atoms with E-state index in [0.717, 1.165) is 37.9 Å². The number of benzene rings is 1. The van der Waals surface area contributed by atoms with Gasteiger partial charge in [0.25, 0.3) is 0 Å². The summed E-state index contributed by atoms with van der Waals surface area (Å²) in [5, 5.41) is 15.7. The van der Waals surface area contributed by atoms with Gasteiger partial charge in [-0.1, -0.05) is 24.6 Å². The molecule has 5 heteroatoms. The number of urea groups is 1. The molecule has 2 aliphatic rings. The lowest BCUT2D eigenvalue weighted by Gasteiger charge is -2.20. The Kier molecular flexibility index (Phi) is 4.76. The van der Waals surface area contributed by atoms with Crippen molar-refractivity contribution in [2.75, 3.05) is 20.2 Å². The molecule has 5 nitrogen and oxygen atoms in total. The number of para-hydroxylation sites is 1. The van der Waals surface area contributed by atoms with Gasteiger partial charge in [0, 0.05) is 30.0 Å². The number of methoxy groups -OCH3 is 1. The van der Waals surface area contributed by atoms with Crippen molar-refractivity contribution in [3.05, 3.63) is 29.8 Å². The Bertz CT molecular complexity index is 557. The van der Waals surface area contributed by atoms with Crippen LogP contribution in [0.3, 0.4) is 0 Å². The van der Waals surface area contributed by atoms with Crippen LogP contribution in [0, 0.1) is 5.92 Å². The van der Waals surface area contributed by atoms with Crippen molar-refractivity contribution in [1.82, 2.24) is 10.6 Å². The highest BCUT2D eigenvalue weighted by Crippen LogP contribution is 2.50. The number of amides is 2. The minimum atomic E-state index is -0.265. The molecule has 126 valence electrons. The van der Waals surface area contributed by atoms with Gasteiger partial charge in [0.15, 0.2) is 0 Å². The SMILES string of the molecule is COc1ccccc1C1(CNC(=O)NC[C@@H]2CCC[C@@H]2O)CC1. The Morgan fingerprint density at radius 2 is 2.09 bits per heavy atom. The van der Waals surface area contributed by atoms with Crippen LogP contribution < -0.4 is 15.4 Å². The van der Waals surface area contributed by atoms with Crippen molar-refractivity contribution in [3.8, 4) is 5.75 Å². The summed E-state index contributed by atoms with van der Waals surface area (Å²) in [4.78, 5) is 12.0. The number of hydrogen-bond donors (Lipinski definition) is 3. The average molecular weight is 318 g/mol. The van der Waals surface area contributed by atoms with Crippen LogP contribution in [0.15, 0.2) is 24.3 Å². The maximum atomic E-state index is 12.0. The van der Waals surface area contributed by atoms with Gasteiger partial charge in [-0.3, -0.25) is 0 Å². The van der Waals surface area contributed by atoms with Gasteiger partial charge in [-0.05, 0) is 31.7 Å². The first-order chi connectivity index (χ1) is 11.1. The summed E-state index contributed by atoms with van der Waals surface area (Å²) >= 11 is 0. The third kappa shape index (κ3) is 3.61. The standard InChI is InChI=1S/C18H26N2O3/c1-23-16-8-3-2-6-14(16)18(9-10-18)12-20-17(22)19-11-13-5-4-7-15(13)21/h2-3,6,8,13,15,21H,4-5,7,9-12H2,1H3,(H2,19,20,22)/t13-,15-/m0/s1.